The van der Waals surface area contributed by atoms with E-state index in [2.05, 4.69) is 5.32 Å². The minimum absolute atomic E-state index is 0.0449. The van der Waals surface area contributed by atoms with E-state index < -0.39 is 11.7 Å². The Morgan fingerprint density at radius 1 is 1.17 bits per heavy atom. The molecule has 0 aliphatic rings. The van der Waals surface area contributed by atoms with Gasteiger partial charge in [-0.3, -0.25) is 4.79 Å². The van der Waals surface area contributed by atoms with Gasteiger partial charge in [-0.05, 0) is 55.7 Å². The summed E-state index contributed by atoms with van der Waals surface area (Å²) in [5.74, 6) is -0.0449. The van der Waals surface area contributed by atoms with E-state index in [-0.39, 0.29) is 11.3 Å². The lowest BCUT2D eigenvalue weighted by Gasteiger charge is -2.19. The molecule has 2 aromatic carbocycles. The lowest BCUT2D eigenvalue weighted by Crippen LogP contribution is -2.32. The van der Waals surface area contributed by atoms with Crippen LogP contribution in [0.5, 0.6) is 5.75 Å². The van der Waals surface area contributed by atoms with Crippen LogP contribution in [-0.4, -0.2) is 23.1 Å². The molecule has 0 aliphatic carbocycles. The lowest BCUT2D eigenvalue weighted by molar-refractivity contribution is 0.0523. The van der Waals surface area contributed by atoms with Crippen molar-refractivity contribution < 1.29 is 19.4 Å². The Morgan fingerprint density at radius 2 is 1.88 bits per heavy atom. The van der Waals surface area contributed by atoms with Crippen LogP contribution in [0, 0.1) is 0 Å². The Bertz CT molecular complexity index is 747. The maximum absolute atomic E-state index is 11.7. The third-order valence-electron chi connectivity index (χ3n) is 3.25. The van der Waals surface area contributed by atoms with Crippen LogP contribution in [0.1, 0.15) is 36.7 Å². The van der Waals surface area contributed by atoms with Crippen molar-refractivity contribution in [1.29, 1.82) is 0 Å². The maximum atomic E-state index is 11.7. The third kappa shape index (κ3) is 4.84. The number of amides is 1. The van der Waals surface area contributed by atoms with Crippen LogP contribution in [-0.2, 0) is 11.3 Å². The fourth-order valence-corrected chi connectivity index (χ4v) is 2.18. The summed E-state index contributed by atoms with van der Waals surface area (Å²) in [6, 6.07) is 12.4. The van der Waals surface area contributed by atoms with Crippen molar-refractivity contribution in [2.24, 2.45) is 0 Å². The topological polar surface area (TPSA) is 75.6 Å². The number of ether oxygens (including phenoxy) is 1. The minimum atomic E-state index is -0.538. The molecule has 0 unspecified atom stereocenters. The summed E-state index contributed by atoms with van der Waals surface area (Å²) in [6.07, 6.45) is 0.146. The number of rotatable bonds is 4. The molecule has 0 heterocycles. The van der Waals surface area contributed by atoms with Crippen LogP contribution in [0.25, 0.3) is 11.1 Å². The maximum Gasteiger partial charge on any atom is 0.407 e. The van der Waals surface area contributed by atoms with Gasteiger partial charge >= 0.3 is 6.09 Å². The van der Waals surface area contributed by atoms with Crippen molar-refractivity contribution >= 4 is 12.4 Å². The normalized spacial score (nSPS) is 11.0. The zero-order valence-electron chi connectivity index (χ0n) is 14.0. The standard InChI is InChI=1S/C19H21NO4/c1-19(2,3)24-18(23)20-11-13-5-4-6-14(9-13)15-7-8-17(22)16(10-15)12-21/h4-10,12,22H,11H2,1-3H3,(H,20,23). The first-order valence-corrected chi connectivity index (χ1v) is 7.63. The highest BCUT2D eigenvalue weighted by Gasteiger charge is 2.15. The average molecular weight is 327 g/mol. The number of hydrogen-bond donors (Lipinski definition) is 2. The van der Waals surface area contributed by atoms with Crippen LogP contribution >= 0.6 is 0 Å². The van der Waals surface area contributed by atoms with Gasteiger partial charge in [-0.1, -0.05) is 24.3 Å². The summed E-state index contributed by atoms with van der Waals surface area (Å²) < 4.78 is 5.20. The fourth-order valence-electron chi connectivity index (χ4n) is 2.18. The first kappa shape index (κ1) is 17.5. The highest BCUT2D eigenvalue weighted by atomic mass is 16.6. The Labute approximate surface area is 141 Å². The third-order valence-corrected chi connectivity index (χ3v) is 3.25. The van der Waals surface area contributed by atoms with Crippen LogP contribution in [0.3, 0.4) is 0 Å². The zero-order valence-corrected chi connectivity index (χ0v) is 14.0. The number of nitrogens with one attached hydrogen (secondary N) is 1. The quantitative estimate of drug-likeness (QED) is 0.835. The second kappa shape index (κ2) is 7.17. The van der Waals surface area contributed by atoms with Gasteiger partial charge in [0.1, 0.15) is 11.4 Å². The molecule has 5 nitrogen and oxygen atoms in total. The van der Waals surface area contributed by atoms with Crippen LogP contribution in [0.4, 0.5) is 4.79 Å². The van der Waals surface area contributed by atoms with Crippen molar-refractivity contribution in [1.82, 2.24) is 5.32 Å². The molecular formula is C19H21NO4. The zero-order chi connectivity index (χ0) is 17.7. The molecule has 0 aliphatic heterocycles. The smallest absolute Gasteiger partial charge is 0.407 e. The van der Waals surface area contributed by atoms with Gasteiger partial charge < -0.3 is 15.2 Å². The number of phenolic OH excluding ortho intramolecular Hbond substituents is 1. The summed E-state index contributed by atoms with van der Waals surface area (Å²) in [5.41, 5.74) is 2.31. The predicted molar refractivity (Wildman–Crippen MR) is 92.0 cm³/mol. The molecule has 2 aromatic rings. The SMILES string of the molecule is CC(C)(C)OC(=O)NCc1cccc(-c2ccc(O)c(C=O)c2)c1. The summed E-state index contributed by atoms with van der Waals surface area (Å²) in [7, 11) is 0. The van der Waals surface area contributed by atoms with E-state index in [1.807, 2.05) is 45.0 Å². The number of hydrogen-bond acceptors (Lipinski definition) is 4. The van der Waals surface area contributed by atoms with Gasteiger partial charge in [-0.2, -0.15) is 0 Å². The number of aldehydes is 1. The number of carbonyl (C=O) groups is 2. The summed E-state index contributed by atoms with van der Waals surface area (Å²) in [5, 5.41) is 12.3. The minimum Gasteiger partial charge on any atom is -0.507 e. The predicted octanol–water partition coefficient (Wildman–Crippen LogP) is 3.90. The fraction of sp³-hybridized carbons (Fsp3) is 0.263. The van der Waals surface area contributed by atoms with Crippen molar-refractivity contribution in [3.63, 3.8) is 0 Å². The van der Waals surface area contributed by atoms with E-state index in [0.717, 1.165) is 16.7 Å². The Balaban J connectivity index is 2.12. The van der Waals surface area contributed by atoms with Crippen molar-refractivity contribution in [2.45, 2.75) is 32.9 Å². The summed E-state index contributed by atoms with van der Waals surface area (Å²) in [4.78, 5) is 22.7. The van der Waals surface area contributed by atoms with E-state index in [9.17, 15) is 14.7 Å². The van der Waals surface area contributed by atoms with Gasteiger partial charge in [0.15, 0.2) is 6.29 Å². The van der Waals surface area contributed by atoms with E-state index in [1.165, 1.54) is 6.07 Å². The van der Waals surface area contributed by atoms with E-state index in [4.69, 9.17) is 4.74 Å². The molecule has 0 atom stereocenters. The molecule has 0 saturated heterocycles. The van der Waals surface area contributed by atoms with Crippen molar-refractivity contribution in [3.05, 3.63) is 53.6 Å². The number of aromatic hydroxyl groups is 1. The van der Waals surface area contributed by atoms with Gasteiger partial charge in [0, 0.05) is 6.54 Å². The number of phenols is 1. The Morgan fingerprint density at radius 3 is 2.54 bits per heavy atom. The second-order valence-electron chi connectivity index (χ2n) is 6.45. The van der Waals surface area contributed by atoms with Crippen molar-refractivity contribution in [3.8, 4) is 16.9 Å². The van der Waals surface area contributed by atoms with Gasteiger partial charge in [0.2, 0.25) is 0 Å². The molecule has 0 saturated carbocycles. The molecule has 24 heavy (non-hydrogen) atoms. The number of benzene rings is 2. The highest BCUT2D eigenvalue weighted by molar-refractivity contribution is 5.82. The molecular weight excluding hydrogens is 306 g/mol. The largest absolute Gasteiger partial charge is 0.507 e. The number of alkyl carbamates (subject to hydrolysis) is 1. The molecule has 0 bridgehead atoms. The van der Waals surface area contributed by atoms with Gasteiger partial charge in [0.05, 0.1) is 5.56 Å². The van der Waals surface area contributed by atoms with Gasteiger partial charge in [0.25, 0.3) is 0 Å². The molecule has 2 N–H and O–H groups in total. The van der Waals surface area contributed by atoms with E-state index in [0.29, 0.717) is 12.8 Å². The van der Waals surface area contributed by atoms with Crippen molar-refractivity contribution in [2.75, 3.05) is 0 Å². The summed E-state index contributed by atoms with van der Waals surface area (Å²) >= 11 is 0. The molecule has 2 rings (SSSR count). The monoisotopic (exact) mass is 327 g/mol. The first-order valence-electron chi connectivity index (χ1n) is 7.63. The second-order valence-corrected chi connectivity index (χ2v) is 6.45. The summed E-state index contributed by atoms with van der Waals surface area (Å²) in [6.45, 7) is 5.76. The molecule has 0 aromatic heterocycles. The molecule has 0 fully saturated rings. The molecule has 0 spiro atoms. The Hall–Kier alpha value is -2.82. The average Bonchev–Trinajstić information content (AvgIpc) is 2.52. The van der Waals surface area contributed by atoms with E-state index >= 15 is 0 Å². The molecule has 5 heteroatoms. The Kier molecular flexibility index (Phi) is 5.24. The molecule has 0 radical (unpaired) electrons. The lowest BCUT2D eigenvalue weighted by atomic mass is 10.0. The number of carbonyl (C=O) groups excluding carboxylic acids is 2. The highest BCUT2D eigenvalue weighted by Crippen LogP contribution is 2.25. The van der Waals surface area contributed by atoms with Gasteiger partial charge in [-0.15, -0.1) is 0 Å². The van der Waals surface area contributed by atoms with Gasteiger partial charge in [-0.25, -0.2) is 4.79 Å². The van der Waals surface area contributed by atoms with E-state index in [1.54, 1.807) is 12.1 Å². The molecule has 126 valence electrons. The van der Waals surface area contributed by atoms with Crippen LogP contribution in [0.2, 0.25) is 0 Å². The first-order chi connectivity index (χ1) is 11.3. The molecule has 1 amide bonds. The van der Waals surface area contributed by atoms with Crippen LogP contribution < -0.4 is 5.32 Å². The van der Waals surface area contributed by atoms with Crippen LogP contribution in [0.15, 0.2) is 42.5 Å².